The van der Waals surface area contributed by atoms with Crippen LogP contribution in [0.25, 0.3) is 0 Å². The first-order valence-corrected chi connectivity index (χ1v) is 5.80. The van der Waals surface area contributed by atoms with E-state index >= 15 is 0 Å². The van der Waals surface area contributed by atoms with E-state index in [1.807, 2.05) is 12.1 Å². The summed E-state index contributed by atoms with van der Waals surface area (Å²) in [6.07, 6.45) is 3.55. The molecule has 3 N–H and O–H groups in total. The predicted molar refractivity (Wildman–Crippen MR) is 67.6 cm³/mol. The molecule has 3 heteroatoms. The van der Waals surface area contributed by atoms with Crippen LogP contribution in [0.5, 0.6) is 0 Å². The van der Waals surface area contributed by atoms with Crippen LogP contribution in [0.15, 0.2) is 24.3 Å². The molecule has 16 heavy (non-hydrogen) atoms. The highest BCUT2D eigenvalue weighted by molar-refractivity contribution is 5.93. The van der Waals surface area contributed by atoms with Gasteiger partial charge in [-0.15, -0.1) is 0 Å². The standard InChI is InChI=1S/C13H20N2O/c1-3-4-6-10(2)15-12-8-5-7-11(9-12)13(14)16/h5,7-10,15H,3-4,6H2,1-2H3,(H2,14,16). The number of carbonyl (C=O) groups excluding carboxylic acids is 1. The molecule has 0 aliphatic heterocycles. The lowest BCUT2D eigenvalue weighted by Gasteiger charge is -2.15. The third kappa shape index (κ3) is 3.93. The average molecular weight is 220 g/mol. The average Bonchev–Trinajstić information content (AvgIpc) is 2.26. The summed E-state index contributed by atoms with van der Waals surface area (Å²) in [6.45, 7) is 4.33. The quantitative estimate of drug-likeness (QED) is 0.774. The minimum absolute atomic E-state index is 0.384. The number of amides is 1. The van der Waals surface area contributed by atoms with E-state index in [2.05, 4.69) is 19.2 Å². The van der Waals surface area contributed by atoms with Crippen molar-refractivity contribution < 1.29 is 4.79 Å². The lowest BCUT2D eigenvalue weighted by molar-refractivity contribution is 0.100. The summed E-state index contributed by atoms with van der Waals surface area (Å²) in [5.74, 6) is -0.384. The largest absolute Gasteiger partial charge is 0.383 e. The molecule has 0 aliphatic carbocycles. The van der Waals surface area contributed by atoms with Gasteiger partial charge in [0.15, 0.2) is 0 Å². The van der Waals surface area contributed by atoms with Gasteiger partial charge in [-0.2, -0.15) is 0 Å². The number of nitrogens with one attached hydrogen (secondary N) is 1. The minimum Gasteiger partial charge on any atom is -0.383 e. The molecule has 0 fully saturated rings. The predicted octanol–water partition coefficient (Wildman–Crippen LogP) is 2.78. The molecule has 1 atom stereocenters. The van der Waals surface area contributed by atoms with E-state index in [4.69, 9.17) is 5.73 Å². The van der Waals surface area contributed by atoms with Gasteiger partial charge in [-0.3, -0.25) is 4.79 Å². The van der Waals surface area contributed by atoms with Crippen molar-refractivity contribution in [2.45, 2.75) is 39.2 Å². The molecule has 3 nitrogen and oxygen atoms in total. The maximum atomic E-state index is 11.0. The Morgan fingerprint density at radius 1 is 1.50 bits per heavy atom. The third-order valence-electron chi connectivity index (χ3n) is 2.55. The van der Waals surface area contributed by atoms with Gasteiger partial charge in [-0.1, -0.05) is 25.8 Å². The van der Waals surface area contributed by atoms with Crippen LogP contribution in [-0.4, -0.2) is 11.9 Å². The van der Waals surface area contributed by atoms with Crippen LogP contribution in [-0.2, 0) is 0 Å². The highest BCUT2D eigenvalue weighted by Gasteiger charge is 2.04. The van der Waals surface area contributed by atoms with Crippen LogP contribution < -0.4 is 11.1 Å². The number of hydrogen-bond acceptors (Lipinski definition) is 2. The molecule has 0 aromatic heterocycles. The molecule has 0 radical (unpaired) electrons. The van der Waals surface area contributed by atoms with Gasteiger partial charge >= 0.3 is 0 Å². The van der Waals surface area contributed by atoms with Crippen molar-refractivity contribution in [3.63, 3.8) is 0 Å². The Labute approximate surface area is 97.0 Å². The van der Waals surface area contributed by atoms with E-state index in [1.165, 1.54) is 12.8 Å². The highest BCUT2D eigenvalue weighted by Crippen LogP contribution is 2.13. The zero-order valence-corrected chi connectivity index (χ0v) is 9.99. The first kappa shape index (κ1) is 12.6. The van der Waals surface area contributed by atoms with E-state index in [0.29, 0.717) is 11.6 Å². The number of primary amides is 1. The molecule has 0 heterocycles. The van der Waals surface area contributed by atoms with Gasteiger partial charge in [-0.05, 0) is 31.5 Å². The summed E-state index contributed by atoms with van der Waals surface area (Å²) in [6, 6.07) is 7.74. The molecule has 0 saturated carbocycles. The maximum Gasteiger partial charge on any atom is 0.248 e. The van der Waals surface area contributed by atoms with Gasteiger partial charge < -0.3 is 11.1 Å². The third-order valence-corrected chi connectivity index (χ3v) is 2.55. The molecular formula is C13H20N2O. The molecule has 0 bridgehead atoms. The van der Waals surface area contributed by atoms with Crippen molar-refractivity contribution >= 4 is 11.6 Å². The monoisotopic (exact) mass is 220 g/mol. The van der Waals surface area contributed by atoms with E-state index in [0.717, 1.165) is 12.1 Å². The fourth-order valence-corrected chi connectivity index (χ4v) is 1.63. The lowest BCUT2D eigenvalue weighted by atomic mass is 10.1. The molecule has 1 aromatic rings. The van der Waals surface area contributed by atoms with Gasteiger partial charge in [0.2, 0.25) is 5.91 Å². The van der Waals surface area contributed by atoms with Crippen LogP contribution in [0.2, 0.25) is 0 Å². The van der Waals surface area contributed by atoms with Crippen molar-refractivity contribution in [1.82, 2.24) is 0 Å². The minimum atomic E-state index is -0.384. The molecular weight excluding hydrogens is 200 g/mol. The maximum absolute atomic E-state index is 11.0. The summed E-state index contributed by atoms with van der Waals surface area (Å²) in [5, 5.41) is 3.36. The van der Waals surface area contributed by atoms with Crippen molar-refractivity contribution in [2.75, 3.05) is 5.32 Å². The second-order valence-electron chi connectivity index (χ2n) is 4.13. The van der Waals surface area contributed by atoms with Crippen LogP contribution in [0.1, 0.15) is 43.5 Å². The lowest BCUT2D eigenvalue weighted by Crippen LogP contribution is -2.16. The normalized spacial score (nSPS) is 12.1. The Morgan fingerprint density at radius 2 is 2.25 bits per heavy atom. The van der Waals surface area contributed by atoms with E-state index in [9.17, 15) is 4.79 Å². The van der Waals surface area contributed by atoms with E-state index in [1.54, 1.807) is 12.1 Å². The van der Waals surface area contributed by atoms with Crippen LogP contribution >= 0.6 is 0 Å². The fourth-order valence-electron chi connectivity index (χ4n) is 1.63. The Balaban J connectivity index is 2.59. The Morgan fingerprint density at radius 3 is 2.88 bits per heavy atom. The summed E-state index contributed by atoms with van der Waals surface area (Å²) in [5.41, 5.74) is 6.73. The van der Waals surface area contributed by atoms with Crippen LogP contribution in [0.3, 0.4) is 0 Å². The van der Waals surface area contributed by atoms with Crippen molar-refractivity contribution in [3.8, 4) is 0 Å². The van der Waals surface area contributed by atoms with Gasteiger partial charge in [-0.25, -0.2) is 0 Å². The van der Waals surface area contributed by atoms with Crippen LogP contribution in [0.4, 0.5) is 5.69 Å². The van der Waals surface area contributed by atoms with Crippen LogP contribution in [0, 0.1) is 0 Å². The number of benzene rings is 1. The zero-order valence-electron chi connectivity index (χ0n) is 9.99. The Kier molecular flexibility index (Phi) is 4.83. The Hall–Kier alpha value is -1.51. The van der Waals surface area contributed by atoms with Crippen molar-refractivity contribution in [2.24, 2.45) is 5.73 Å². The second kappa shape index (κ2) is 6.16. The van der Waals surface area contributed by atoms with E-state index in [-0.39, 0.29) is 5.91 Å². The summed E-state index contributed by atoms with van der Waals surface area (Å²) < 4.78 is 0. The van der Waals surface area contributed by atoms with E-state index < -0.39 is 0 Å². The smallest absolute Gasteiger partial charge is 0.248 e. The first-order valence-electron chi connectivity index (χ1n) is 5.80. The number of hydrogen-bond donors (Lipinski definition) is 2. The molecule has 1 unspecified atom stereocenters. The van der Waals surface area contributed by atoms with Crippen molar-refractivity contribution in [1.29, 1.82) is 0 Å². The van der Waals surface area contributed by atoms with Crippen molar-refractivity contribution in [3.05, 3.63) is 29.8 Å². The Bertz CT molecular complexity index is 350. The zero-order chi connectivity index (χ0) is 12.0. The van der Waals surface area contributed by atoms with Gasteiger partial charge in [0.1, 0.15) is 0 Å². The fraction of sp³-hybridized carbons (Fsp3) is 0.462. The van der Waals surface area contributed by atoms with Gasteiger partial charge in [0.25, 0.3) is 0 Å². The number of rotatable bonds is 6. The number of nitrogens with two attached hydrogens (primary N) is 1. The molecule has 0 aliphatic rings. The summed E-state index contributed by atoms with van der Waals surface area (Å²) >= 11 is 0. The second-order valence-corrected chi connectivity index (χ2v) is 4.13. The topological polar surface area (TPSA) is 55.1 Å². The molecule has 1 amide bonds. The highest BCUT2D eigenvalue weighted by atomic mass is 16.1. The van der Waals surface area contributed by atoms with Gasteiger partial charge in [0, 0.05) is 17.3 Å². The molecule has 88 valence electrons. The summed E-state index contributed by atoms with van der Waals surface area (Å²) in [7, 11) is 0. The molecule has 0 spiro atoms. The first-order chi connectivity index (χ1) is 7.63. The molecule has 1 rings (SSSR count). The van der Waals surface area contributed by atoms with Gasteiger partial charge in [0.05, 0.1) is 0 Å². The summed E-state index contributed by atoms with van der Waals surface area (Å²) in [4.78, 5) is 11.0. The number of carbonyl (C=O) groups is 1. The molecule has 0 saturated heterocycles. The number of unbranched alkanes of at least 4 members (excludes halogenated alkanes) is 1. The number of anilines is 1. The molecule has 1 aromatic carbocycles. The SMILES string of the molecule is CCCCC(C)Nc1cccc(C(N)=O)c1.